The first-order valence-electron chi connectivity index (χ1n) is 20.0. The summed E-state index contributed by atoms with van der Waals surface area (Å²) in [5, 5.41) is 19.1. The van der Waals surface area contributed by atoms with Crippen LogP contribution in [0.3, 0.4) is 0 Å². The van der Waals surface area contributed by atoms with E-state index in [4.69, 9.17) is 0 Å². The maximum Gasteiger partial charge on any atom is 0.00745 e. The number of hydrogen-bond donors (Lipinski definition) is 0. The van der Waals surface area contributed by atoms with Crippen molar-refractivity contribution < 1.29 is 0 Å². The summed E-state index contributed by atoms with van der Waals surface area (Å²) in [7, 11) is -1.34. The fourth-order valence-electron chi connectivity index (χ4n) is 9.75. The smallest absolute Gasteiger partial charge is 0.00745 e. The van der Waals surface area contributed by atoms with E-state index in [1.54, 1.807) is 0 Å². The van der Waals surface area contributed by atoms with Crippen LogP contribution in [-0.2, 0) is 0 Å². The Morgan fingerprint density at radius 2 is 0.603 bits per heavy atom. The predicted molar refractivity (Wildman–Crippen MR) is 256 cm³/mol. The molecule has 0 amide bonds. The second kappa shape index (κ2) is 13.5. The van der Waals surface area contributed by atoms with Crippen molar-refractivity contribution in [1.82, 2.24) is 0 Å². The third kappa shape index (κ3) is 5.03. The Kier molecular flexibility index (Phi) is 7.77. The van der Waals surface area contributed by atoms with Gasteiger partial charge in [-0.25, -0.2) is 0 Å². The molecule has 0 fully saturated rings. The molecule has 12 aromatic rings. The van der Waals surface area contributed by atoms with Gasteiger partial charge < -0.3 is 0 Å². The molecule has 0 spiro atoms. The summed E-state index contributed by atoms with van der Waals surface area (Å²) in [6.45, 7) is 0. The Labute approximate surface area is 339 Å². The Morgan fingerprint density at radius 3 is 1.09 bits per heavy atom. The predicted octanol–water partition coefficient (Wildman–Crippen LogP) is 17.6. The lowest BCUT2D eigenvalue weighted by Crippen LogP contribution is -1.91. The fourth-order valence-corrected chi connectivity index (χ4v) is 15.0. The summed E-state index contributed by atoms with van der Waals surface area (Å²) < 4.78 is 0. The van der Waals surface area contributed by atoms with Crippen LogP contribution in [-0.4, -0.2) is 0 Å². The summed E-state index contributed by atoms with van der Waals surface area (Å²) in [4.78, 5) is 0. The van der Waals surface area contributed by atoms with Gasteiger partial charge in [-0.15, -0.1) is 0 Å². The molecule has 10 aromatic carbocycles. The molecule has 2 heterocycles. The van der Waals surface area contributed by atoms with Gasteiger partial charge in [-0.3, -0.25) is 0 Å². The van der Waals surface area contributed by atoms with Crippen LogP contribution in [0.2, 0.25) is 0 Å². The summed E-state index contributed by atoms with van der Waals surface area (Å²) in [6, 6.07) is 82.0. The molecule has 2 unspecified atom stereocenters. The van der Waals surface area contributed by atoms with E-state index in [0.717, 1.165) is 0 Å². The number of rotatable bonds is 5. The molecule has 0 aliphatic carbocycles. The van der Waals surface area contributed by atoms with Crippen LogP contribution in [0, 0.1) is 0 Å². The molecular weight excluding hydrogens is 735 g/mol. The van der Waals surface area contributed by atoms with E-state index in [1.807, 2.05) is 0 Å². The van der Waals surface area contributed by atoms with Crippen molar-refractivity contribution in [1.29, 1.82) is 0 Å². The molecule has 2 heteroatoms. The van der Waals surface area contributed by atoms with Gasteiger partial charge in [-0.2, -0.15) is 0 Å². The van der Waals surface area contributed by atoms with E-state index in [1.165, 1.54) is 108 Å². The first-order chi connectivity index (χ1) is 28.8. The highest BCUT2D eigenvalue weighted by molar-refractivity contribution is 7.68. The van der Waals surface area contributed by atoms with Crippen LogP contribution in [0.5, 0.6) is 0 Å². The number of benzene rings is 10. The van der Waals surface area contributed by atoms with Crippen molar-refractivity contribution >= 4 is 78.6 Å². The number of hydrogen-bond acceptors (Lipinski definition) is 0. The standard InChI is InChI=1S/C56H36P2/c1-4-18-37(19-5-1)54-44-28-14-26-40(42-30-16-34-52-55(42)46-24-10-12-32-50(46)57(52)38-20-6-2-7-21-38)48(44)36-49-41(27-15-29-45(49)54)43-31-17-35-53-56(43)47-25-11-13-33-51(47)58(53)39-22-8-3-9-23-39/h1-36H. The largest absolute Gasteiger partial charge is 0.0772 e. The van der Waals surface area contributed by atoms with Gasteiger partial charge in [0.1, 0.15) is 0 Å². The minimum atomic E-state index is -0.671. The third-order valence-electron chi connectivity index (χ3n) is 12.1. The fraction of sp³-hybridized carbons (Fsp3) is 0. The molecular formula is C56H36P2. The van der Waals surface area contributed by atoms with Crippen molar-refractivity contribution in [3.05, 3.63) is 218 Å². The molecule has 0 N–H and O–H groups in total. The highest BCUT2D eigenvalue weighted by atomic mass is 31.1. The maximum absolute atomic E-state index is 2.52. The van der Waals surface area contributed by atoms with E-state index in [2.05, 4.69) is 218 Å². The van der Waals surface area contributed by atoms with Gasteiger partial charge in [0, 0.05) is 31.2 Å². The Balaban J connectivity index is 1.20. The monoisotopic (exact) mass is 770 g/mol. The topological polar surface area (TPSA) is 0 Å². The van der Waals surface area contributed by atoms with E-state index in [0.29, 0.717) is 0 Å². The second-order valence-corrected chi connectivity index (χ2v) is 19.5. The highest BCUT2D eigenvalue weighted by Crippen LogP contribution is 2.59. The van der Waals surface area contributed by atoms with Crippen molar-refractivity contribution in [2.45, 2.75) is 0 Å². The third-order valence-corrected chi connectivity index (χ3v) is 17.2. The van der Waals surface area contributed by atoms with Crippen LogP contribution < -0.4 is 0 Å². The summed E-state index contributed by atoms with van der Waals surface area (Å²) in [5.41, 5.74) is 7.68. The van der Waals surface area contributed by atoms with Crippen LogP contribution in [0.25, 0.3) is 108 Å². The maximum atomic E-state index is 2.52. The normalized spacial score (nSPS) is 12.4. The molecule has 0 aliphatic heterocycles. The molecule has 58 heavy (non-hydrogen) atoms. The van der Waals surface area contributed by atoms with Crippen LogP contribution in [0.4, 0.5) is 0 Å². The lowest BCUT2D eigenvalue weighted by Gasteiger charge is -2.18. The van der Waals surface area contributed by atoms with Crippen LogP contribution in [0.1, 0.15) is 0 Å². The summed E-state index contributed by atoms with van der Waals surface area (Å²) in [5.74, 6) is 0. The average molecular weight is 771 g/mol. The lowest BCUT2D eigenvalue weighted by molar-refractivity contribution is 1.66. The van der Waals surface area contributed by atoms with E-state index in [-0.39, 0.29) is 0 Å². The zero-order chi connectivity index (χ0) is 38.2. The van der Waals surface area contributed by atoms with Crippen molar-refractivity contribution in [3.63, 3.8) is 0 Å². The van der Waals surface area contributed by atoms with Gasteiger partial charge in [-0.1, -0.05) is 215 Å². The molecule has 0 bridgehead atoms. The van der Waals surface area contributed by atoms with Gasteiger partial charge in [0.15, 0.2) is 0 Å². The van der Waals surface area contributed by atoms with E-state index in [9.17, 15) is 0 Å². The minimum absolute atomic E-state index is 0.671. The molecule has 0 radical (unpaired) electrons. The second-order valence-electron chi connectivity index (χ2n) is 15.2. The van der Waals surface area contributed by atoms with Gasteiger partial charge in [-0.05, 0) is 94.5 Å². The Bertz CT molecular complexity index is 3320. The SMILES string of the molecule is c1ccc(-c2c3cccc(-c4cccc5c4c4ccccc4p5-c4ccccc4)c3cc3c(-c4cccc5c4c4ccccc4p5-c4ccccc4)cccc23)cc1. The Hall–Kier alpha value is -6.68. The first-order valence-corrected chi connectivity index (χ1v) is 22.7. The Morgan fingerprint density at radius 1 is 0.241 bits per heavy atom. The molecule has 270 valence electrons. The van der Waals surface area contributed by atoms with E-state index >= 15 is 0 Å². The molecule has 0 nitrogen and oxygen atoms in total. The first kappa shape index (κ1) is 33.5. The quantitative estimate of drug-likeness (QED) is 0.153. The van der Waals surface area contributed by atoms with E-state index < -0.39 is 15.1 Å². The molecule has 12 rings (SSSR count). The summed E-state index contributed by atoms with van der Waals surface area (Å²) in [6.07, 6.45) is 0. The molecule has 0 saturated heterocycles. The lowest BCUT2D eigenvalue weighted by atomic mass is 9.85. The minimum Gasteiger partial charge on any atom is -0.0772 e. The average Bonchev–Trinajstić information content (AvgIpc) is 3.82. The molecule has 0 aliphatic rings. The molecule has 0 saturated carbocycles. The zero-order valence-electron chi connectivity index (χ0n) is 31.7. The van der Waals surface area contributed by atoms with Gasteiger partial charge in [0.05, 0.1) is 0 Å². The van der Waals surface area contributed by atoms with Crippen LogP contribution in [0.15, 0.2) is 218 Å². The molecule has 2 atom stereocenters. The molecule has 2 aromatic heterocycles. The number of fused-ring (bicyclic) bond motifs is 8. The van der Waals surface area contributed by atoms with Crippen molar-refractivity contribution in [3.8, 4) is 44.0 Å². The van der Waals surface area contributed by atoms with Gasteiger partial charge >= 0.3 is 0 Å². The van der Waals surface area contributed by atoms with Gasteiger partial charge in [0.2, 0.25) is 0 Å². The summed E-state index contributed by atoms with van der Waals surface area (Å²) >= 11 is 0. The zero-order valence-corrected chi connectivity index (χ0v) is 33.5. The van der Waals surface area contributed by atoms with Crippen molar-refractivity contribution in [2.75, 3.05) is 0 Å². The van der Waals surface area contributed by atoms with Gasteiger partial charge in [0.25, 0.3) is 0 Å². The van der Waals surface area contributed by atoms with Crippen molar-refractivity contribution in [2.24, 2.45) is 0 Å². The highest BCUT2D eigenvalue weighted by Gasteiger charge is 2.22. The van der Waals surface area contributed by atoms with Crippen LogP contribution >= 0.6 is 15.1 Å².